The zero-order valence-electron chi connectivity index (χ0n) is 13.6. The fourth-order valence-corrected chi connectivity index (χ4v) is 3.10. The maximum Gasteiger partial charge on any atom is 0.312 e. The molecule has 0 bridgehead atoms. The number of benzene rings is 1. The van der Waals surface area contributed by atoms with Crippen LogP contribution in [0.25, 0.3) is 11.0 Å². The van der Waals surface area contributed by atoms with Gasteiger partial charge in [0.1, 0.15) is 5.69 Å². The second kappa shape index (κ2) is 7.95. The highest BCUT2D eigenvalue weighted by Gasteiger charge is 2.16. The highest BCUT2D eigenvalue weighted by atomic mass is 16.5. The van der Waals surface area contributed by atoms with Gasteiger partial charge in [0.15, 0.2) is 12.2 Å². The first-order valence-corrected chi connectivity index (χ1v) is 8.48. The van der Waals surface area contributed by atoms with Crippen molar-refractivity contribution < 1.29 is 18.8 Å². The molecule has 6 nitrogen and oxygen atoms in total. The van der Waals surface area contributed by atoms with Gasteiger partial charge in [-0.2, -0.15) is 0 Å². The Balaban J connectivity index is 1.41. The van der Waals surface area contributed by atoms with Crippen LogP contribution in [0, 0.1) is 5.92 Å². The van der Waals surface area contributed by atoms with Crippen LogP contribution in [-0.2, 0) is 20.7 Å². The Morgan fingerprint density at radius 3 is 2.83 bits per heavy atom. The molecule has 1 amide bonds. The van der Waals surface area contributed by atoms with Gasteiger partial charge in [0.2, 0.25) is 0 Å². The summed E-state index contributed by atoms with van der Waals surface area (Å²) < 4.78 is 10.2. The van der Waals surface area contributed by atoms with Crippen LogP contribution in [0.5, 0.6) is 0 Å². The summed E-state index contributed by atoms with van der Waals surface area (Å²) in [5, 5.41) is 7.52. The van der Waals surface area contributed by atoms with Crippen LogP contribution >= 0.6 is 0 Å². The van der Waals surface area contributed by atoms with Crippen molar-refractivity contribution in [1.82, 2.24) is 10.5 Å². The molecule has 1 N–H and O–H groups in total. The van der Waals surface area contributed by atoms with Crippen LogP contribution in [0.3, 0.4) is 0 Å². The number of hydrogen-bond acceptors (Lipinski definition) is 5. The van der Waals surface area contributed by atoms with Crippen molar-refractivity contribution in [3.63, 3.8) is 0 Å². The van der Waals surface area contributed by atoms with Gasteiger partial charge in [0.25, 0.3) is 5.91 Å². The molecule has 1 aromatic heterocycles. The molecule has 0 aliphatic heterocycles. The molecule has 1 aliphatic rings. The van der Waals surface area contributed by atoms with Crippen molar-refractivity contribution in [1.29, 1.82) is 0 Å². The minimum absolute atomic E-state index is 0.00703. The van der Waals surface area contributed by atoms with Gasteiger partial charge in [-0.15, -0.1) is 0 Å². The fraction of sp³-hybridized carbons (Fsp3) is 0.500. The van der Waals surface area contributed by atoms with Gasteiger partial charge in [-0.05, 0) is 30.9 Å². The van der Waals surface area contributed by atoms with E-state index < -0.39 is 5.97 Å². The number of ether oxygens (including phenoxy) is 1. The number of esters is 1. The number of carbonyl (C=O) groups is 2. The average Bonchev–Trinajstić information content (AvgIpc) is 3.02. The van der Waals surface area contributed by atoms with Gasteiger partial charge in [-0.25, -0.2) is 0 Å². The predicted molar refractivity (Wildman–Crippen MR) is 88.3 cm³/mol. The van der Waals surface area contributed by atoms with Crippen molar-refractivity contribution in [2.24, 2.45) is 5.92 Å². The monoisotopic (exact) mass is 330 g/mol. The molecule has 1 fully saturated rings. The molecule has 2 aromatic rings. The van der Waals surface area contributed by atoms with Crippen molar-refractivity contribution >= 4 is 22.8 Å². The van der Waals surface area contributed by atoms with Crippen molar-refractivity contribution in [3.05, 3.63) is 30.0 Å². The van der Waals surface area contributed by atoms with E-state index in [-0.39, 0.29) is 18.9 Å². The summed E-state index contributed by atoms with van der Waals surface area (Å²) in [6.45, 7) is 0.422. The highest BCUT2D eigenvalue weighted by Crippen LogP contribution is 2.22. The Labute approximate surface area is 140 Å². The summed E-state index contributed by atoms with van der Waals surface area (Å²) in [6.07, 6.45) is 6.09. The summed E-state index contributed by atoms with van der Waals surface area (Å²) in [5.74, 6) is -0.180. The van der Waals surface area contributed by atoms with Crippen molar-refractivity contribution in [2.75, 3.05) is 13.2 Å². The molecule has 0 spiro atoms. The molecule has 6 heteroatoms. The average molecular weight is 330 g/mol. The lowest BCUT2D eigenvalue weighted by Crippen LogP contribution is -2.33. The SMILES string of the molecule is O=C(COC(=O)Cc1noc2ccccc12)NCC1CCCCC1. The number of amides is 1. The molecule has 0 atom stereocenters. The second-order valence-electron chi connectivity index (χ2n) is 6.27. The predicted octanol–water partition coefficient (Wildman–Crippen LogP) is 2.61. The molecular weight excluding hydrogens is 308 g/mol. The standard InChI is InChI=1S/C18H22N2O4/c21-17(19-11-13-6-2-1-3-7-13)12-23-18(22)10-15-14-8-4-5-9-16(14)24-20-15/h4-5,8-9,13H,1-3,6-7,10-12H2,(H,19,21). The van der Waals surface area contributed by atoms with E-state index in [2.05, 4.69) is 10.5 Å². The topological polar surface area (TPSA) is 81.4 Å². The quantitative estimate of drug-likeness (QED) is 0.823. The Kier molecular flexibility index (Phi) is 5.46. The zero-order valence-corrected chi connectivity index (χ0v) is 13.6. The van der Waals surface area contributed by atoms with E-state index >= 15 is 0 Å². The maximum atomic E-state index is 11.9. The number of nitrogens with zero attached hydrogens (tertiary/aromatic N) is 1. The first-order valence-electron chi connectivity index (χ1n) is 8.48. The molecule has 24 heavy (non-hydrogen) atoms. The molecule has 1 aromatic carbocycles. The number of fused-ring (bicyclic) bond motifs is 1. The zero-order chi connectivity index (χ0) is 16.8. The summed E-state index contributed by atoms with van der Waals surface area (Å²) in [6, 6.07) is 7.32. The molecule has 0 saturated heterocycles. The summed E-state index contributed by atoms with van der Waals surface area (Å²) in [7, 11) is 0. The van der Waals surface area contributed by atoms with Gasteiger partial charge >= 0.3 is 5.97 Å². The van der Waals surface area contributed by atoms with Crippen LogP contribution < -0.4 is 5.32 Å². The van der Waals surface area contributed by atoms with E-state index in [0.29, 0.717) is 23.7 Å². The summed E-state index contributed by atoms with van der Waals surface area (Å²) in [5.41, 5.74) is 1.16. The van der Waals surface area contributed by atoms with Crippen LogP contribution in [-0.4, -0.2) is 30.2 Å². The molecule has 3 rings (SSSR count). The second-order valence-corrected chi connectivity index (χ2v) is 6.27. The van der Waals surface area contributed by atoms with Gasteiger partial charge in [-0.1, -0.05) is 36.6 Å². The van der Waals surface area contributed by atoms with Gasteiger partial charge < -0.3 is 14.6 Å². The van der Waals surface area contributed by atoms with Crippen molar-refractivity contribution in [2.45, 2.75) is 38.5 Å². The fourth-order valence-electron chi connectivity index (χ4n) is 3.10. The Hall–Kier alpha value is -2.37. The van der Waals surface area contributed by atoms with E-state index in [9.17, 15) is 9.59 Å². The number of nitrogens with one attached hydrogen (secondary N) is 1. The van der Waals surface area contributed by atoms with E-state index in [1.165, 1.54) is 32.1 Å². The third kappa shape index (κ3) is 4.34. The van der Waals surface area contributed by atoms with Gasteiger partial charge in [-0.3, -0.25) is 9.59 Å². The smallest absolute Gasteiger partial charge is 0.312 e. The first-order chi connectivity index (χ1) is 11.7. The minimum atomic E-state index is -0.484. The van der Waals surface area contributed by atoms with E-state index in [4.69, 9.17) is 9.26 Å². The summed E-state index contributed by atoms with van der Waals surface area (Å²) in [4.78, 5) is 23.7. The lowest BCUT2D eigenvalue weighted by molar-refractivity contribution is -0.148. The normalized spacial score (nSPS) is 15.3. The molecule has 1 heterocycles. The van der Waals surface area contributed by atoms with E-state index in [1.807, 2.05) is 18.2 Å². The minimum Gasteiger partial charge on any atom is -0.455 e. The number of carbonyl (C=O) groups excluding carboxylic acids is 2. The number of rotatable bonds is 6. The largest absolute Gasteiger partial charge is 0.455 e. The molecule has 1 saturated carbocycles. The van der Waals surface area contributed by atoms with Crippen LogP contribution in [0.1, 0.15) is 37.8 Å². The highest BCUT2D eigenvalue weighted by molar-refractivity contribution is 5.85. The molecule has 0 radical (unpaired) electrons. The van der Waals surface area contributed by atoms with E-state index in [0.717, 1.165) is 5.39 Å². The number of hydrogen-bond donors (Lipinski definition) is 1. The third-order valence-electron chi connectivity index (χ3n) is 4.44. The molecular formula is C18H22N2O4. The Morgan fingerprint density at radius 2 is 2.00 bits per heavy atom. The van der Waals surface area contributed by atoms with Crippen LogP contribution in [0.15, 0.2) is 28.8 Å². The van der Waals surface area contributed by atoms with Crippen LogP contribution in [0.2, 0.25) is 0 Å². The molecule has 1 aliphatic carbocycles. The summed E-state index contributed by atoms with van der Waals surface area (Å²) >= 11 is 0. The Morgan fingerprint density at radius 1 is 1.21 bits per heavy atom. The third-order valence-corrected chi connectivity index (χ3v) is 4.44. The maximum absolute atomic E-state index is 11.9. The van der Waals surface area contributed by atoms with Crippen molar-refractivity contribution in [3.8, 4) is 0 Å². The lowest BCUT2D eigenvalue weighted by atomic mass is 9.89. The van der Waals surface area contributed by atoms with E-state index in [1.54, 1.807) is 6.07 Å². The molecule has 128 valence electrons. The number of para-hydroxylation sites is 1. The first kappa shape index (κ1) is 16.5. The van der Waals surface area contributed by atoms with Gasteiger partial charge in [0.05, 0.1) is 6.42 Å². The number of aromatic nitrogens is 1. The Bertz CT molecular complexity index is 704. The van der Waals surface area contributed by atoms with Crippen LogP contribution in [0.4, 0.5) is 0 Å². The molecule has 0 unspecified atom stereocenters. The van der Waals surface area contributed by atoms with Gasteiger partial charge in [0, 0.05) is 11.9 Å². The lowest BCUT2D eigenvalue weighted by Gasteiger charge is -2.21.